The quantitative estimate of drug-likeness (QED) is 0.653. The first kappa shape index (κ1) is 22.3. The zero-order valence-electron chi connectivity index (χ0n) is 18.2. The van der Waals surface area contributed by atoms with Crippen molar-refractivity contribution in [1.82, 2.24) is 20.0 Å². The van der Waals surface area contributed by atoms with Gasteiger partial charge in [-0.25, -0.2) is 0 Å². The lowest BCUT2D eigenvalue weighted by atomic mass is 10.1. The average Bonchev–Trinajstić information content (AvgIpc) is 3.10. The minimum atomic E-state index is -0.258. The van der Waals surface area contributed by atoms with E-state index >= 15 is 0 Å². The predicted molar refractivity (Wildman–Crippen MR) is 116 cm³/mol. The lowest BCUT2D eigenvalue weighted by Gasteiger charge is -2.35. The molecule has 2 aliphatic heterocycles. The minimum absolute atomic E-state index is 0.0521. The topological polar surface area (TPSA) is 73.0 Å². The maximum absolute atomic E-state index is 12.9. The number of carbonyl (C=O) groups is 3. The van der Waals surface area contributed by atoms with Gasteiger partial charge in [0.05, 0.1) is 12.5 Å². The fourth-order valence-electron chi connectivity index (χ4n) is 4.05. The van der Waals surface area contributed by atoms with Gasteiger partial charge >= 0.3 is 0 Å². The van der Waals surface area contributed by atoms with Crippen molar-refractivity contribution in [3.63, 3.8) is 0 Å². The zero-order chi connectivity index (χ0) is 21.5. The number of rotatable bonds is 8. The number of likely N-dealkylation sites (tertiary alicyclic amines) is 1. The molecular formula is C23H34N4O3. The highest BCUT2D eigenvalue weighted by Crippen LogP contribution is 2.23. The molecule has 2 saturated heterocycles. The summed E-state index contributed by atoms with van der Waals surface area (Å²) in [5.74, 6) is -0.0821. The third-order valence-electron chi connectivity index (χ3n) is 5.96. The molecule has 0 aromatic heterocycles. The van der Waals surface area contributed by atoms with Crippen molar-refractivity contribution in [2.45, 2.75) is 39.7 Å². The van der Waals surface area contributed by atoms with Crippen LogP contribution in [0.4, 0.5) is 0 Å². The lowest BCUT2D eigenvalue weighted by Crippen LogP contribution is -2.52. The number of nitrogens with one attached hydrogen (secondary N) is 1. The smallest absolute Gasteiger partial charge is 0.234 e. The van der Waals surface area contributed by atoms with Crippen molar-refractivity contribution in [3.05, 3.63) is 35.4 Å². The van der Waals surface area contributed by atoms with Crippen molar-refractivity contribution in [1.29, 1.82) is 0 Å². The van der Waals surface area contributed by atoms with Crippen LogP contribution >= 0.6 is 0 Å². The van der Waals surface area contributed by atoms with Crippen LogP contribution in [0.1, 0.15) is 37.3 Å². The van der Waals surface area contributed by atoms with E-state index in [2.05, 4.69) is 17.1 Å². The average molecular weight is 415 g/mol. The Kier molecular flexibility index (Phi) is 7.85. The summed E-state index contributed by atoms with van der Waals surface area (Å²) < 4.78 is 0. The number of hydrogen-bond acceptors (Lipinski definition) is 4. The first-order valence-electron chi connectivity index (χ1n) is 11.1. The second-order valence-electron chi connectivity index (χ2n) is 8.47. The van der Waals surface area contributed by atoms with Crippen molar-refractivity contribution in [2.24, 2.45) is 5.92 Å². The van der Waals surface area contributed by atoms with E-state index in [9.17, 15) is 14.4 Å². The van der Waals surface area contributed by atoms with Crippen LogP contribution in [0.3, 0.4) is 0 Å². The summed E-state index contributed by atoms with van der Waals surface area (Å²) in [5.41, 5.74) is 2.28. The Bertz CT molecular complexity index is 741. The van der Waals surface area contributed by atoms with Crippen LogP contribution < -0.4 is 5.32 Å². The van der Waals surface area contributed by atoms with Gasteiger partial charge in [0.15, 0.2) is 0 Å². The van der Waals surface area contributed by atoms with Crippen molar-refractivity contribution < 1.29 is 14.4 Å². The van der Waals surface area contributed by atoms with Gasteiger partial charge < -0.3 is 15.1 Å². The fraction of sp³-hybridized carbons (Fsp3) is 0.609. The molecule has 0 radical (unpaired) electrons. The molecule has 3 amide bonds. The van der Waals surface area contributed by atoms with Gasteiger partial charge in [-0.05, 0) is 18.9 Å². The van der Waals surface area contributed by atoms with E-state index in [0.717, 1.165) is 24.9 Å². The highest BCUT2D eigenvalue weighted by atomic mass is 16.2. The molecule has 1 aromatic rings. The molecule has 2 heterocycles. The molecule has 0 spiro atoms. The van der Waals surface area contributed by atoms with E-state index in [1.807, 2.05) is 36.1 Å². The maximum atomic E-state index is 12.9. The van der Waals surface area contributed by atoms with E-state index in [1.165, 1.54) is 5.56 Å². The molecule has 1 aromatic carbocycles. The van der Waals surface area contributed by atoms with Crippen LogP contribution in [-0.2, 0) is 20.9 Å². The zero-order valence-corrected chi connectivity index (χ0v) is 18.2. The molecule has 3 rings (SSSR count). The summed E-state index contributed by atoms with van der Waals surface area (Å²) in [5, 5.41) is 2.94. The molecule has 30 heavy (non-hydrogen) atoms. The minimum Gasteiger partial charge on any atom is -0.355 e. The highest BCUT2D eigenvalue weighted by Gasteiger charge is 2.37. The van der Waals surface area contributed by atoms with E-state index in [4.69, 9.17) is 0 Å². The summed E-state index contributed by atoms with van der Waals surface area (Å²) >= 11 is 0. The standard InChI is InChI=1S/C23H34N4O3/c1-3-4-9-24-21(28)17-25-10-12-26(13-11-25)23(30)20-14-22(29)27(16-20)15-19-7-5-18(2)6-8-19/h5-8,20H,3-4,9-17H2,1-2H3,(H,24,28). The molecule has 1 N–H and O–H groups in total. The number of aryl methyl sites for hydroxylation is 1. The SMILES string of the molecule is CCCCNC(=O)CN1CCN(C(=O)C2CC(=O)N(Cc3ccc(C)cc3)C2)CC1. The number of nitrogens with zero attached hydrogens (tertiary/aromatic N) is 3. The molecule has 0 saturated carbocycles. The maximum Gasteiger partial charge on any atom is 0.234 e. The van der Waals surface area contributed by atoms with E-state index < -0.39 is 0 Å². The van der Waals surface area contributed by atoms with Crippen LogP contribution in [-0.4, -0.2) is 78.2 Å². The summed E-state index contributed by atoms with van der Waals surface area (Å²) in [6.45, 7) is 8.92. The first-order chi connectivity index (χ1) is 14.5. The number of piperazine rings is 1. The van der Waals surface area contributed by atoms with Crippen LogP contribution in [0.15, 0.2) is 24.3 Å². The van der Waals surface area contributed by atoms with Crippen molar-refractivity contribution >= 4 is 17.7 Å². The Morgan fingerprint density at radius 1 is 1.10 bits per heavy atom. The van der Waals surface area contributed by atoms with Gasteiger partial charge in [0.2, 0.25) is 17.7 Å². The molecule has 2 aliphatic rings. The van der Waals surface area contributed by atoms with Crippen molar-refractivity contribution in [2.75, 3.05) is 45.8 Å². The van der Waals surface area contributed by atoms with Crippen LogP contribution in [0.2, 0.25) is 0 Å². The Labute approximate surface area is 179 Å². The summed E-state index contributed by atoms with van der Waals surface area (Å²) in [4.78, 5) is 43.1. The number of amides is 3. The van der Waals surface area contributed by atoms with Crippen molar-refractivity contribution in [3.8, 4) is 0 Å². The highest BCUT2D eigenvalue weighted by molar-refractivity contribution is 5.89. The molecule has 7 nitrogen and oxygen atoms in total. The first-order valence-corrected chi connectivity index (χ1v) is 11.1. The van der Waals surface area contributed by atoms with Gasteiger partial charge in [-0.15, -0.1) is 0 Å². The Morgan fingerprint density at radius 2 is 1.80 bits per heavy atom. The largest absolute Gasteiger partial charge is 0.355 e. The summed E-state index contributed by atoms with van der Waals surface area (Å²) in [6.07, 6.45) is 2.35. The van der Waals surface area contributed by atoms with Gasteiger partial charge in [-0.2, -0.15) is 0 Å². The van der Waals surface area contributed by atoms with Gasteiger partial charge in [0, 0.05) is 52.2 Å². The number of benzene rings is 1. The van der Waals surface area contributed by atoms with Crippen LogP contribution in [0.5, 0.6) is 0 Å². The lowest BCUT2D eigenvalue weighted by molar-refractivity contribution is -0.137. The molecule has 2 fully saturated rings. The van der Waals surface area contributed by atoms with Crippen LogP contribution in [0, 0.1) is 12.8 Å². The summed E-state index contributed by atoms with van der Waals surface area (Å²) in [7, 11) is 0. The van der Waals surface area contributed by atoms with Crippen LogP contribution in [0.25, 0.3) is 0 Å². The number of carbonyl (C=O) groups excluding carboxylic acids is 3. The Morgan fingerprint density at radius 3 is 2.47 bits per heavy atom. The molecular weight excluding hydrogens is 380 g/mol. The third-order valence-corrected chi connectivity index (χ3v) is 5.96. The fourth-order valence-corrected chi connectivity index (χ4v) is 4.05. The van der Waals surface area contributed by atoms with E-state index in [-0.39, 0.29) is 23.6 Å². The second-order valence-corrected chi connectivity index (χ2v) is 8.47. The van der Waals surface area contributed by atoms with Gasteiger partial charge in [-0.3, -0.25) is 19.3 Å². The van der Waals surface area contributed by atoms with Gasteiger partial charge in [0.1, 0.15) is 0 Å². The molecule has 0 aliphatic carbocycles. The number of hydrogen-bond donors (Lipinski definition) is 1. The van der Waals surface area contributed by atoms with E-state index in [1.54, 1.807) is 4.90 Å². The third kappa shape index (κ3) is 6.05. The van der Waals surface area contributed by atoms with Gasteiger partial charge in [0.25, 0.3) is 0 Å². The Balaban J connectivity index is 1.43. The normalized spacial score (nSPS) is 19.9. The molecule has 1 unspecified atom stereocenters. The molecule has 164 valence electrons. The Hall–Kier alpha value is -2.41. The summed E-state index contributed by atoms with van der Waals surface area (Å²) in [6, 6.07) is 8.16. The molecule has 0 bridgehead atoms. The second kappa shape index (κ2) is 10.6. The number of unbranched alkanes of at least 4 members (excludes halogenated alkanes) is 1. The molecule has 1 atom stereocenters. The molecule has 7 heteroatoms. The monoisotopic (exact) mass is 414 g/mol. The van der Waals surface area contributed by atoms with E-state index in [0.29, 0.717) is 52.2 Å². The predicted octanol–water partition coefficient (Wildman–Crippen LogP) is 1.40. The van der Waals surface area contributed by atoms with Gasteiger partial charge in [-0.1, -0.05) is 43.2 Å².